The summed E-state index contributed by atoms with van der Waals surface area (Å²) in [6.45, 7) is 0. The van der Waals surface area contributed by atoms with Gasteiger partial charge in [-0.1, -0.05) is 45.7 Å². The Hall–Kier alpha value is -3.10. The molecule has 136 valence electrons. The van der Waals surface area contributed by atoms with Gasteiger partial charge in [0.05, 0.1) is 12.1 Å². The van der Waals surface area contributed by atoms with Crippen LogP contribution in [-0.2, 0) is 0 Å². The quantitative estimate of drug-likeness (QED) is 0.551. The second kappa shape index (κ2) is 6.90. The number of halogens is 2. The van der Waals surface area contributed by atoms with Crippen molar-refractivity contribution in [3.63, 3.8) is 0 Å². The average Bonchev–Trinajstić information content (AvgIpc) is 3.28. The highest BCUT2D eigenvalue weighted by atomic mass is 35.5. The molecule has 0 saturated heterocycles. The van der Waals surface area contributed by atoms with E-state index in [4.69, 9.17) is 38.2 Å². The Labute approximate surface area is 163 Å². The van der Waals surface area contributed by atoms with Crippen LogP contribution in [0.2, 0.25) is 10.0 Å². The van der Waals surface area contributed by atoms with Gasteiger partial charge in [-0.2, -0.15) is 9.67 Å². The summed E-state index contributed by atoms with van der Waals surface area (Å²) in [5.41, 5.74) is 7.61. The van der Waals surface area contributed by atoms with Crippen molar-refractivity contribution in [3.05, 3.63) is 52.5 Å². The molecule has 8 nitrogen and oxygen atoms in total. The average molecular weight is 403 g/mol. The fourth-order valence-corrected chi connectivity index (χ4v) is 2.91. The smallest absolute Gasteiger partial charge is 0.282 e. The molecule has 0 radical (unpaired) electrons. The number of nitrogens with zero attached hydrogens (tertiary/aromatic N) is 5. The highest BCUT2D eigenvalue weighted by Gasteiger charge is 2.22. The number of nitrogen functional groups attached to an aromatic ring is 1. The van der Waals surface area contributed by atoms with E-state index in [0.717, 1.165) is 0 Å². The summed E-state index contributed by atoms with van der Waals surface area (Å²) in [7, 11) is 1.54. The van der Waals surface area contributed by atoms with Crippen LogP contribution in [0.5, 0.6) is 5.75 Å². The molecular formula is C17H12Cl2N6O2. The Kier molecular flexibility index (Phi) is 4.43. The van der Waals surface area contributed by atoms with Gasteiger partial charge >= 0.3 is 0 Å². The molecule has 0 aliphatic carbocycles. The Morgan fingerprint density at radius 2 is 1.96 bits per heavy atom. The van der Waals surface area contributed by atoms with Crippen molar-refractivity contribution in [2.75, 3.05) is 12.8 Å². The number of rotatable bonds is 4. The lowest BCUT2D eigenvalue weighted by atomic mass is 10.2. The zero-order valence-electron chi connectivity index (χ0n) is 13.9. The molecule has 2 heterocycles. The zero-order valence-corrected chi connectivity index (χ0v) is 15.4. The van der Waals surface area contributed by atoms with E-state index in [9.17, 15) is 0 Å². The molecule has 0 amide bonds. The highest BCUT2D eigenvalue weighted by molar-refractivity contribution is 6.33. The van der Waals surface area contributed by atoms with E-state index in [1.54, 1.807) is 30.3 Å². The lowest BCUT2D eigenvalue weighted by Gasteiger charge is -2.09. The first-order valence-corrected chi connectivity index (χ1v) is 8.48. The second-order valence-corrected chi connectivity index (χ2v) is 6.30. The summed E-state index contributed by atoms with van der Waals surface area (Å²) >= 11 is 12.2. The topological polar surface area (TPSA) is 105 Å². The van der Waals surface area contributed by atoms with E-state index in [2.05, 4.69) is 20.5 Å². The summed E-state index contributed by atoms with van der Waals surface area (Å²) in [6.07, 6.45) is 0. The maximum Gasteiger partial charge on any atom is 0.282 e. The number of nitrogens with two attached hydrogens (primary N) is 1. The van der Waals surface area contributed by atoms with Crippen LogP contribution in [0.25, 0.3) is 28.7 Å². The summed E-state index contributed by atoms with van der Waals surface area (Å²) in [5.74, 6) is 1.18. The number of hydrogen-bond donors (Lipinski definition) is 1. The molecule has 10 heteroatoms. The first kappa shape index (κ1) is 17.3. The lowest BCUT2D eigenvalue weighted by Crippen LogP contribution is -2.04. The second-order valence-electron chi connectivity index (χ2n) is 5.45. The van der Waals surface area contributed by atoms with Gasteiger partial charge in [-0.25, -0.2) is 0 Å². The van der Waals surface area contributed by atoms with E-state index in [0.29, 0.717) is 32.9 Å². The Balaban J connectivity index is 1.76. The van der Waals surface area contributed by atoms with E-state index < -0.39 is 0 Å². The molecule has 2 aromatic carbocycles. The normalized spacial score (nSPS) is 10.9. The van der Waals surface area contributed by atoms with E-state index in [1.807, 2.05) is 12.1 Å². The highest BCUT2D eigenvalue weighted by Crippen LogP contribution is 2.32. The number of aromatic nitrogens is 5. The van der Waals surface area contributed by atoms with Crippen LogP contribution in [0.1, 0.15) is 0 Å². The van der Waals surface area contributed by atoms with E-state index in [-0.39, 0.29) is 17.4 Å². The fourth-order valence-electron chi connectivity index (χ4n) is 2.52. The van der Waals surface area contributed by atoms with Crippen molar-refractivity contribution in [2.24, 2.45) is 0 Å². The maximum atomic E-state index is 6.20. The Morgan fingerprint density at radius 3 is 2.74 bits per heavy atom. The van der Waals surface area contributed by atoms with Crippen LogP contribution in [0.15, 0.2) is 47.0 Å². The van der Waals surface area contributed by atoms with Crippen LogP contribution in [0.4, 0.5) is 5.82 Å². The minimum atomic E-state index is 0.120. The monoisotopic (exact) mass is 402 g/mol. The first-order chi connectivity index (χ1) is 13.1. The third kappa shape index (κ3) is 3.09. The van der Waals surface area contributed by atoms with Crippen molar-refractivity contribution < 1.29 is 9.26 Å². The zero-order chi connectivity index (χ0) is 19.0. The molecule has 4 rings (SSSR count). The van der Waals surface area contributed by atoms with Gasteiger partial charge in [0.25, 0.3) is 5.89 Å². The lowest BCUT2D eigenvalue weighted by molar-refractivity contribution is 0.411. The van der Waals surface area contributed by atoms with Gasteiger partial charge in [-0.05, 0) is 30.3 Å². The molecule has 0 saturated carbocycles. The number of ether oxygens (including phenoxy) is 1. The van der Waals surface area contributed by atoms with Gasteiger partial charge in [0.2, 0.25) is 5.82 Å². The molecule has 0 bridgehead atoms. The fraction of sp³-hybridized carbons (Fsp3) is 0.0588. The molecule has 0 unspecified atom stereocenters. The molecular weight excluding hydrogens is 391 g/mol. The molecule has 2 aromatic heterocycles. The van der Waals surface area contributed by atoms with E-state index in [1.165, 1.54) is 11.8 Å². The van der Waals surface area contributed by atoms with Crippen LogP contribution >= 0.6 is 23.2 Å². The maximum absolute atomic E-state index is 6.20. The molecule has 2 N–H and O–H groups in total. The van der Waals surface area contributed by atoms with Crippen LogP contribution in [0, 0.1) is 0 Å². The molecule has 0 spiro atoms. The van der Waals surface area contributed by atoms with Gasteiger partial charge in [0.1, 0.15) is 11.4 Å². The van der Waals surface area contributed by atoms with Crippen molar-refractivity contribution in [3.8, 4) is 34.4 Å². The third-order valence-corrected chi connectivity index (χ3v) is 4.38. The van der Waals surface area contributed by atoms with E-state index >= 15 is 0 Å². The van der Waals surface area contributed by atoms with Crippen LogP contribution < -0.4 is 10.5 Å². The predicted molar refractivity (Wildman–Crippen MR) is 101 cm³/mol. The SMILES string of the molecule is COc1ccc(Cl)cc1-n1nnc(-c2nc(-c3ccccc3Cl)no2)c1N. The summed E-state index contributed by atoms with van der Waals surface area (Å²) in [6, 6.07) is 12.2. The molecule has 4 aromatic rings. The molecule has 0 aliphatic heterocycles. The molecule has 27 heavy (non-hydrogen) atoms. The largest absolute Gasteiger partial charge is 0.494 e. The third-order valence-electron chi connectivity index (χ3n) is 3.82. The molecule has 0 aliphatic rings. The van der Waals surface area contributed by atoms with Gasteiger partial charge in [-0.15, -0.1) is 5.10 Å². The number of anilines is 1. The predicted octanol–water partition coefficient (Wildman–Crippen LogP) is 3.88. The van der Waals surface area contributed by atoms with Gasteiger partial charge < -0.3 is 15.0 Å². The van der Waals surface area contributed by atoms with Crippen LogP contribution in [0.3, 0.4) is 0 Å². The van der Waals surface area contributed by atoms with Crippen molar-refractivity contribution in [2.45, 2.75) is 0 Å². The minimum Gasteiger partial charge on any atom is -0.494 e. The minimum absolute atomic E-state index is 0.120. The summed E-state index contributed by atoms with van der Waals surface area (Å²) in [4.78, 5) is 4.32. The number of hydrogen-bond acceptors (Lipinski definition) is 7. The van der Waals surface area contributed by atoms with Gasteiger partial charge in [-0.3, -0.25) is 0 Å². The molecule has 0 atom stereocenters. The van der Waals surface area contributed by atoms with Crippen molar-refractivity contribution in [1.82, 2.24) is 25.1 Å². The number of benzene rings is 2. The van der Waals surface area contributed by atoms with Gasteiger partial charge in [0.15, 0.2) is 11.5 Å². The standard InChI is InChI=1S/C17H12Cl2N6O2/c1-26-13-7-6-9(18)8-12(13)25-15(20)14(22-24-25)17-21-16(23-27-17)10-4-2-3-5-11(10)19/h2-8H,20H2,1H3. The van der Waals surface area contributed by atoms with Crippen molar-refractivity contribution in [1.29, 1.82) is 0 Å². The Bertz CT molecular complexity index is 1120. The number of methoxy groups -OCH3 is 1. The van der Waals surface area contributed by atoms with Gasteiger partial charge in [0, 0.05) is 10.6 Å². The summed E-state index contributed by atoms with van der Waals surface area (Å²) < 4.78 is 12.0. The van der Waals surface area contributed by atoms with Crippen molar-refractivity contribution >= 4 is 29.0 Å². The first-order valence-electron chi connectivity index (χ1n) is 7.72. The summed E-state index contributed by atoms with van der Waals surface area (Å²) in [5, 5.41) is 13.1. The van der Waals surface area contributed by atoms with Crippen LogP contribution in [-0.4, -0.2) is 32.2 Å². The Morgan fingerprint density at radius 1 is 1.15 bits per heavy atom. The molecule has 0 fully saturated rings.